The summed E-state index contributed by atoms with van der Waals surface area (Å²) in [6.45, 7) is 1.35. The van der Waals surface area contributed by atoms with Crippen LogP contribution in [0.4, 0.5) is 0 Å². The van der Waals surface area contributed by atoms with Crippen molar-refractivity contribution in [2.45, 2.75) is 12.2 Å². The average Bonchev–Trinajstić information content (AvgIpc) is 2.48. The Balaban J connectivity index is 3.20. The molecule has 1 N–H and O–H groups in total. The van der Waals surface area contributed by atoms with Gasteiger partial charge in [-0.25, -0.2) is 18.2 Å². The fourth-order valence-electron chi connectivity index (χ4n) is 0.899. The van der Waals surface area contributed by atoms with Crippen LogP contribution in [0.1, 0.15) is 28.4 Å². The van der Waals surface area contributed by atoms with Gasteiger partial charge in [-0.15, -0.1) is 0 Å². The van der Waals surface area contributed by atoms with Crippen molar-refractivity contribution in [3.63, 3.8) is 0 Å². The molecule has 1 unspecified atom stereocenters. The van der Waals surface area contributed by atoms with Gasteiger partial charge in [0.15, 0.2) is 27.7 Å². The molecule has 0 aromatic carbocycles. The lowest BCUT2D eigenvalue weighted by Crippen LogP contribution is -2.11. The van der Waals surface area contributed by atoms with Gasteiger partial charge < -0.3 is 9.52 Å². The van der Waals surface area contributed by atoms with Crippen LogP contribution in [0.5, 0.6) is 0 Å². The summed E-state index contributed by atoms with van der Waals surface area (Å²) < 4.78 is 27.0. The second-order valence-corrected chi connectivity index (χ2v) is 5.21. The first-order valence-corrected chi connectivity index (χ1v) is 5.65. The number of sulfone groups is 1. The molecule has 7 heteroatoms. The Kier molecular flexibility index (Phi) is 2.61. The molecular weight excluding hydrogens is 210 g/mol. The molecule has 14 heavy (non-hydrogen) atoms. The molecule has 0 aliphatic rings. The largest absolute Gasteiger partial charge is 0.476 e. The summed E-state index contributed by atoms with van der Waals surface area (Å²) >= 11 is 0. The van der Waals surface area contributed by atoms with Crippen LogP contribution < -0.4 is 0 Å². The van der Waals surface area contributed by atoms with Crippen molar-refractivity contribution in [1.82, 2.24) is 4.98 Å². The highest BCUT2D eigenvalue weighted by Gasteiger charge is 2.27. The van der Waals surface area contributed by atoms with Gasteiger partial charge in [-0.05, 0) is 6.92 Å². The number of hydrogen-bond acceptors (Lipinski definition) is 5. The van der Waals surface area contributed by atoms with Crippen LogP contribution in [0, 0.1) is 0 Å². The van der Waals surface area contributed by atoms with Crippen LogP contribution in [0.25, 0.3) is 0 Å². The van der Waals surface area contributed by atoms with E-state index in [9.17, 15) is 13.2 Å². The Labute approximate surface area is 80.5 Å². The molecule has 1 heterocycles. The second kappa shape index (κ2) is 3.41. The van der Waals surface area contributed by atoms with Gasteiger partial charge in [-0.3, -0.25) is 0 Å². The van der Waals surface area contributed by atoms with E-state index in [1.54, 1.807) is 0 Å². The summed E-state index contributed by atoms with van der Waals surface area (Å²) in [6, 6.07) is 0. The molecule has 0 aliphatic heterocycles. The van der Waals surface area contributed by atoms with Gasteiger partial charge >= 0.3 is 5.97 Å². The van der Waals surface area contributed by atoms with Gasteiger partial charge in [-0.2, -0.15) is 0 Å². The van der Waals surface area contributed by atoms with Crippen LogP contribution >= 0.6 is 0 Å². The molecule has 1 aromatic rings. The van der Waals surface area contributed by atoms with Gasteiger partial charge in [0.2, 0.25) is 0 Å². The number of nitrogens with zero attached hydrogens (tertiary/aromatic N) is 1. The fraction of sp³-hybridized carbons (Fsp3) is 0.429. The first-order chi connectivity index (χ1) is 6.34. The van der Waals surface area contributed by atoms with Gasteiger partial charge in [0.25, 0.3) is 0 Å². The standard InChI is InChI=1S/C7H9NO5S/c1-4(14(2,11)12)6-5(7(9)10)8-3-13-6/h3-4H,1-2H3,(H,9,10). The van der Waals surface area contributed by atoms with E-state index in [2.05, 4.69) is 4.98 Å². The van der Waals surface area contributed by atoms with Crippen molar-refractivity contribution >= 4 is 15.8 Å². The SMILES string of the molecule is CC(c1ocnc1C(=O)O)S(C)(=O)=O. The Hall–Kier alpha value is -1.37. The van der Waals surface area contributed by atoms with E-state index in [1.807, 2.05) is 0 Å². The molecule has 0 saturated heterocycles. The van der Waals surface area contributed by atoms with E-state index in [0.717, 1.165) is 12.6 Å². The lowest BCUT2D eigenvalue weighted by atomic mass is 10.3. The molecule has 0 radical (unpaired) electrons. The fourth-order valence-corrected chi connectivity index (χ4v) is 1.45. The minimum absolute atomic E-state index is 0.139. The zero-order valence-electron chi connectivity index (χ0n) is 7.59. The quantitative estimate of drug-likeness (QED) is 0.793. The summed E-state index contributed by atoms with van der Waals surface area (Å²) in [6.07, 6.45) is 1.92. The number of rotatable bonds is 3. The van der Waals surface area contributed by atoms with Crippen molar-refractivity contribution in [3.8, 4) is 0 Å². The maximum absolute atomic E-state index is 11.1. The van der Waals surface area contributed by atoms with E-state index < -0.39 is 21.1 Å². The summed E-state index contributed by atoms with van der Waals surface area (Å²) in [5.74, 6) is -1.44. The number of carboxylic acid groups (broad SMARTS) is 1. The molecule has 0 bridgehead atoms. The Bertz CT molecular complexity index is 446. The van der Waals surface area contributed by atoms with E-state index in [4.69, 9.17) is 9.52 Å². The maximum Gasteiger partial charge on any atom is 0.358 e. The Morgan fingerprint density at radius 3 is 2.64 bits per heavy atom. The molecule has 0 saturated carbocycles. The number of hydrogen-bond donors (Lipinski definition) is 1. The van der Waals surface area contributed by atoms with Gasteiger partial charge in [0.1, 0.15) is 5.25 Å². The van der Waals surface area contributed by atoms with Crippen LogP contribution in [0.15, 0.2) is 10.8 Å². The molecule has 6 nitrogen and oxygen atoms in total. The van der Waals surface area contributed by atoms with Crippen molar-refractivity contribution in [3.05, 3.63) is 17.8 Å². The number of oxazole rings is 1. The predicted molar refractivity (Wildman–Crippen MR) is 46.7 cm³/mol. The van der Waals surface area contributed by atoms with Crippen LogP contribution in [0.3, 0.4) is 0 Å². The van der Waals surface area contributed by atoms with Crippen molar-refractivity contribution in [1.29, 1.82) is 0 Å². The summed E-state index contributed by atoms with van der Waals surface area (Å²) in [5, 5.41) is 7.65. The first-order valence-electron chi connectivity index (χ1n) is 3.69. The predicted octanol–water partition coefficient (Wildman–Crippen LogP) is 0.478. The molecule has 0 aliphatic carbocycles. The molecule has 1 rings (SSSR count). The summed E-state index contributed by atoms with van der Waals surface area (Å²) in [5.41, 5.74) is -0.358. The van der Waals surface area contributed by atoms with E-state index in [0.29, 0.717) is 0 Å². The summed E-state index contributed by atoms with van der Waals surface area (Å²) in [4.78, 5) is 14.0. The molecule has 0 spiro atoms. The molecule has 1 atom stereocenters. The number of carboxylic acids is 1. The smallest absolute Gasteiger partial charge is 0.358 e. The van der Waals surface area contributed by atoms with E-state index in [1.165, 1.54) is 6.92 Å². The van der Waals surface area contributed by atoms with Crippen molar-refractivity contribution in [2.24, 2.45) is 0 Å². The van der Waals surface area contributed by atoms with Crippen LogP contribution in [0.2, 0.25) is 0 Å². The molecule has 0 fully saturated rings. The minimum atomic E-state index is -3.38. The third-order valence-electron chi connectivity index (χ3n) is 1.81. The van der Waals surface area contributed by atoms with Crippen molar-refractivity contribution in [2.75, 3.05) is 6.26 Å². The highest BCUT2D eigenvalue weighted by molar-refractivity contribution is 7.90. The van der Waals surface area contributed by atoms with Crippen molar-refractivity contribution < 1.29 is 22.7 Å². The number of aromatic carboxylic acids is 1. The topological polar surface area (TPSA) is 97.5 Å². The number of carbonyl (C=O) groups is 1. The third-order valence-corrected chi connectivity index (χ3v) is 3.31. The van der Waals surface area contributed by atoms with Gasteiger partial charge in [0, 0.05) is 6.26 Å². The highest BCUT2D eigenvalue weighted by Crippen LogP contribution is 2.23. The minimum Gasteiger partial charge on any atom is -0.476 e. The third kappa shape index (κ3) is 1.92. The van der Waals surface area contributed by atoms with Gasteiger partial charge in [-0.1, -0.05) is 0 Å². The normalized spacial score (nSPS) is 13.9. The maximum atomic E-state index is 11.1. The van der Waals surface area contributed by atoms with Crippen LogP contribution in [-0.2, 0) is 9.84 Å². The molecule has 1 aromatic heterocycles. The van der Waals surface area contributed by atoms with Crippen LogP contribution in [-0.4, -0.2) is 30.7 Å². The summed E-state index contributed by atoms with van der Waals surface area (Å²) in [7, 11) is -3.38. The van der Waals surface area contributed by atoms with E-state index >= 15 is 0 Å². The molecule has 0 amide bonds. The lowest BCUT2D eigenvalue weighted by Gasteiger charge is -2.05. The Morgan fingerprint density at radius 2 is 2.21 bits per heavy atom. The Morgan fingerprint density at radius 1 is 1.64 bits per heavy atom. The number of aromatic nitrogens is 1. The molecule has 78 valence electrons. The first kappa shape index (κ1) is 10.7. The molecular formula is C7H9NO5S. The monoisotopic (exact) mass is 219 g/mol. The highest BCUT2D eigenvalue weighted by atomic mass is 32.2. The zero-order chi connectivity index (χ0) is 10.9. The van der Waals surface area contributed by atoms with Gasteiger partial charge in [0.05, 0.1) is 0 Å². The van der Waals surface area contributed by atoms with E-state index in [-0.39, 0.29) is 11.5 Å². The zero-order valence-corrected chi connectivity index (χ0v) is 8.41. The lowest BCUT2D eigenvalue weighted by molar-refractivity contribution is 0.0689. The average molecular weight is 219 g/mol. The second-order valence-electron chi connectivity index (χ2n) is 2.84.